The van der Waals surface area contributed by atoms with Crippen LogP contribution in [0.4, 0.5) is 0 Å². The van der Waals surface area contributed by atoms with E-state index >= 15 is 0 Å². The Balaban J connectivity index is 1.87. The van der Waals surface area contributed by atoms with E-state index in [2.05, 4.69) is 5.32 Å². The fourth-order valence-corrected chi connectivity index (χ4v) is 4.87. The minimum Gasteiger partial charge on any atom is -0.352 e. The molecule has 3 aromatic carbocycles. The third-order valence-corrected chi connectivity index (χ3v) is 7.10. The summed E-state index contributed by atoms with van der Waals surface area (Å²) >= 11 is 13.9. The van der Waals surface area contributed by atoms with Crippen LogP contribution in [0.15, 0.2) is 78.9 Å². The topological polar surface area (TPSA) is 49.4 Å². The Kier molecular flexibility index (Phi) is 10.5. The van der Waals surface area contributed by atoms with Crippen LogP contribution >= 0.6 is 35.0 Å². The summed E-state index contributed by atoms with van der Waals surface area (Å²) in [4.78, 5) is 28.6. The highest BCUT2D eigenvalue weighted by atomic mass is 35.5. The summed E-state index contributed by atoms with van der Waals surface area (Å²) in [5.74, 6) is 0.702. The molecule has 7 heteroatoms. The minimum absolute atomic E-state index is 0.0462. The molecule has 0 bridgehead atoms. The van der Waals surface area contributed by atoms with Crippen molar-refractivity contribution in [2.24, 2.45) is 0 Å². The zero-order valence-electron chi connectivity index (χ0n) is 19.9. The van der Waals surface area contributed by atoms with Gasteiger partial charge >= 0.3 is 0 Å². The summed E-state index contributed by atoms with van der Waals surface area (Å²) in [6.07, 6.45) is 0.413. The van der Waals surface area contributed by atoms with Gasteiger partial charge in [0, 0.05) is 24.8 Å². The van der Waals surface area contributed by atoms with Gasteiger partial charge in [0.15, 0.2) is 0 Å². The zero-order valence-corrected chi connectivity index (χ0v) is 22.2. The van der Waals surface area contributed by atoms with Crippen LogP contribution in [0.25, 0.3) is 0 Å². The number of carbonyl (C=O) groups excluding carboxylic acids is 2. The predicted octanol–water partition coefficient (Wildman–Crippen LogP) is 6.39. The van der Waals surface area contributed by atoms with E-state index in [1.165, 1.54) is 11.8 Å². The van der Waals surface area contributed by atoms with Gasteiger partial charge in [-0.2, -0.15) is 0 Å². The number of carbonyl (C=O) groups is 2. The molecule has 0 aromatic heterocycles. The monoisotopic (exact) mass is 528 g/mol. The Morgan fingerprint density at radius 2 is 1.49 bits per heavy atom. The van der Waals surface area contributed by atoms with Crippen molar-refractivity contribution >= 4 is 46.8 Å². The van der Waals surface area contributed by atoms with E-state index in [0.29, 0.717) is 22.2 Å². The molecule has 0 aliphatic heterocycles. The van der Waals surface area contributed by atoms with Crippen molar-refractivity contribution in [3.8, 4) is 0 Å². The molecule has 3 rings (SSSR count). The van der Waals surface area contributed by atoms with E-state index in [4.69, 9.17) is 23.2 Å². The lowest BCUT2D eigenvalue weighted by atomic mass is 10.0. The molecule has 0 fully saturated rings. The van der Waals surface area contributed by atoms with Gasteiger partial charge in [0.1, 0.15) is 6.04 Å². The second kappa shape index (κ2) is 13.6. The van der Waals surface area contributed by atoms with Crippen LogP contribution in [-0.4, -0.2) is 34.6 Å². The fourth-order valence-electron chi connectivity index (χ4n) is 3.68. The highest BCUT2D eigenvalue weighted by molar-refractivity contribution is 7.99. The maximum absolute atomic E-state index is 13.6. The van der Waals surface area contributed by atoms with Crippen molar-refractivity contribution in [3.63, 3.8) is 0 Å². The minimum atomic E-state index is -0.668. The maximum Gasteiger partial charge on any atom is 0.243 e. The molecule has 35 heavy (non-hydrogen) atoms. The number of rotatable bonds is 11. The summed E-state index contributed by atoms with van der Waals surface area (Å²) < 4.78 is 0. The van der Waals surface area contributed by atoms with Crippen LogP contribution in [0.3, 0.4) is 0 Å². The quantitative estimate of drug-likeness (QED) is 0.313. The van der Waals surface area contributed by atoms with Crippen LogP contribution in [0, 0.1) is 0 Å². The number of hydrogen-bond acceptors (Lipinski definition) is 3. The Morgan fingerprint density at radius 1 is 0.857 bits per heavy atom. The van der Waals surface area contributed by atoms with E-state index in [-0.39, 0.29) is 30.2 Å². The first kappa shape index (κ1) is 27.1. The lowest BCUT2D eigenvalue weighted by Gasteiger charge is -2.32. The van der Waals surface area contributed by atoms with Crippen molar-refractivity contribution in [2.45, 2.75) is 44.6 Å². The molecule has 0 spiro atoms. The SMILES string of the molecule is CC(C)NC(=O)C(Cc1ccccc1)N(Cc1ccc(Cl)c(Cl)c1)C(=O)CSCc1ccccc1. The largest absolute Gasteiger partial charge is 0.352 e. The molecule has 0 heterocycles. The number of benzene rings is 3. The summed E-state index contributed by atoms with van der Waals surface area (Å²) in [5.41, 5.74) is 2.95. The van der Waals surface area contributed by atoms with E-state index in [1.807, 2.05) is 80.6 Å². The molecule has 0 radical (unpaired) electrons. The molecule has 4 nitrogen and oxygen atoms in total. The van der Waals surface area contributed by atoms with Gasteiger partial charge in [-0.1, -0.05) is 89.9 Å². The molecule has 3 aromatic rings. The average Bonchev–Trinajstić information content (AvgIpc) is 2.84. The Morgan fingerprint density at radius 3 is 2.09 bits per heavy atom. The summed E-state index contributed by atoms with van der Waals surface area (Å²) in [6, 6.07) is 24.4. The molecule has 1 unspecified atom stereocenters. The van der Waals surface area contributed by atoms with Crippen LogP contribution in [0.5, 0.6) is 0 Å². The van der Waals surface area contributed by atoms with Gasteiger partial charge in [-0.25, -0.2) is 0 Å². The third-order valence-electron chi connectivity index (χ3n) is 5.38. The van der Waals surface area contributed by atoms with E-state index in [0.717, 1.165) is 16.7 Å². The van der Waals surface area contributed by atoms with Crippen molar-refractivity contribution < 1.29 is 9.59 Å². The molecule has 0 saturated carbocycles. The second-order valence-electron chi connectivity index (χ2n) is 8.62. The molecular weight excluding hydrogens is 499 g/mol. The first-order valence-electron chi connectivity index (χ1n) is 11.5. The van der Waals surface area contributed by atoms with Gasteiger partial charge < -0.3 is 10.2 Å². The Labute approximate surface area is 222 Å². The molecule has 184 valence electrons. The molecule has 0 aliphatic carbocycles. The fraction of sp³-hybridized carbons (Fsp3) is 0.286. The van der Waals surface area contributed by atoms with Crippen LogP contribution in [0.1, 0.15) is 30.5 Å². The van der Waals surface area contributed by atoms with Gasteiger partial charge in [0.25, 0.3) is 0 Å². The zero-order chi connectivity index (χ0) is 25.2. The summed E-state index contributed by atoms with van der Waals surface area (Å²) in [7, 11) is 0. The first-order valence-corrected chi connectivity index (χ1v) is 13.4. The van der Waals surface area contributed by atoms with Crippen molar-refractivity contribution in [3.05, 3.63) is 106 Å². The third kappa shape index (κ3) is 8.60. The number of thioether (sulfide) groups is 1. The highest BCUT2D eigenvalue weighted by Crippen LogP contribution is 2.25. The van der Waals surface area contributed by atoms with Crippen LogP contribution in [-0.2, 0) is 28.3 Å². The predicted molar refractivity (Wildman–Crippen MR) is 147 cm³/mol. The van der Waals surface area contributed by atoms with Gasteiger partial charge in [0.05, 0.1) is 15.8 Å². The van der Waals surface area contributed by atoms with Crippen molar-refractivity contribution in [1.82, 2.24) is 10.2 Å². The summed E-state index contributed by atoms with van der Waals surface area (Å²) in [6.45, 7) is 4.08. The molecule has 2 amide bonds. The van der Waals surface area contributed by atoms with Gasteiger partial charge in [0.2, 0.25) is 11.8 Å². The lowest BCUT2D eigenvalue weighted by Crippen LogP contribution is -2.52. The van der Waals surface area contributed by atoms with Crippen molar-refractivity contribution in [2.75, 3.05) is 5.75 Å². The number of amides is 2. The lowest BCUT2D eigenvalue weighted by molar-refractivity contribution is -0.139. The summed E-state index contributed by atoms with van der Waals surface area (Å²) in [5, 5.41) is 3.87. The van der Waals surface area contributed by atoms with Gasteiger partial charge in [-0.05, 0) is 42.7 Å². The molecule has 1 N–H and O–H groups in total. The average molecular weight is 530 g/mol. The van der Waals surface area contributed by atoms with E-state index in [9.17, 15) is 9.59 Å². The van der Waals surface area contributed by atoms with Crippen molar-refractivity contribution in [1.29, 1.82) is 0 Å². The van der Waals surface area contributed by atoms with Gasteiger partial charge in [-0.3, -0.25) is 9.59 Å². The molecule has 0 aliphatic rings. The number of nitrogens with one attached hydrogen (secondary N) is 1. The molecule has 0 saturated heterocycles. The van der Waals surface area contributed by atoms with Gasteiger partial charge in [-0.15, -0.1) is 11.8 Å². The van der Waals surface area contributed by atoms with Crippen LogP contribution < -0.4 is 5.32 Å². The number of halogens is 2. The molecular formula is C28H30Cl2N2O2S. The highest BCUT2D eigenvalue weighted by Gasteiger charge is 2.30. The second-order valence-corrected chi connectivity index (χ2v) is 10.4. The number of nitrogens with zero attached hydrogens (tertiary/aromatic N) is 1. The maximum atomic E-state index is 13.6. The molecule has 1 atom stereocenters. The first-order chi connectivity index (χ1) is 16.8. The Bertz CT molecular complexity index is 1110. The van der Waals surface area contributed by atoms with E-state index in [1.54, 1.807) is 17.0 Å². The van der Waals surface area contributed by atoms with Crippen LogP contribution in [0.2, 0.25) is 10.0 Å². The van der Waals surface area contributed by atoms with E-state index < -0.39 is 6.04 Å². The normalized spacial score (nSPS) is 11.8. The smallest absolute Gasteiger partial charge is 0.243 e. The Hall–Kier alpha value is -2.47. The number of hydrogen-bond donors (Lipinski definition) is 1. The standard InChI is InChI=1S/C28H30Cl2N2O2S/c1-20(2)31-28(34)26(16-21-9-5-3-6-10-21)32(17-23-13-14-24(29)25(30)15-23)27(33)19-35-18-22-11-7-4-8-12-22/h3-15,20,26H,16-19H2,1-2H3,(H,31,34).